The molecule has 0 saturated carbocycles. The first kappa shape index (κ1) is 11.1. The molecule has 0 aromatic carbocycles. The summed E-state index contributed by atoms with van der Waals surface area (Å²) < 4.78 is 5.34. The Morgan fingerprint density at radius 3 is 2.62 bits per heavy atom. The van der Waals surface area contributed by atoms with Gasteiger partial charge >= 0.3 is 0 Å². The molecule has 0 aliphatic carbocycles. The summed E-state index contributed by atoms with van der Waals surface area (Å²) in [4.78, 5) is 10.6. The zero-order valence-electron chi connectivity index (χ0n) is 9.81. The molecule has 0 radical (unpaired) electrons. The van der Waals surface area contributed by atoms with Crippen molar-refractivity contribution in [1.29, 1.82) is 0 Å². The van der Waals surface area contributed by atoms with E-state index in [9.17, 15) is 0 Å². The third-order valence-electron chi connectivity index (χ3n) is 2.78. The molecule has 1 saturated heterocycles. The fraction of sp³-hybridized carbons (Fsp3) is 0.636. The molecule has 0 spiro atoms. The van der Waals surface area contributed by atoms with Crippen LogP contribution in [0.2, 0.25) is 0 Å². The number of hydrogen-bond acceptors (Lipinski definition) is 5. The predicted octanol–water partition coefficient (Wildman–Crippen LogP) is 1.02. The largest absolute Gasteiger partial charge is 0.383 e. The smallest absolute Gasteiger partial charge is 0.137 e. The molecule has 1 aliphatic heterocycles. The van der Waals surface area contributed by atoms with Gasteiger partial charge in [-0.25, -0.2) is 9.97 Å². The van der Waals surface area contributed by atoms with Gasteiger partial charge in [0, 0.05) is 18.7 Å². The van der Waals surface area contributed by atoms with E-state index in [2.05, 4.69) is 28.7 Å². The standard InChI is InChI=1S/C11H18N4O/c1-8(2)9-10(12)13-7-14-11(9)15-3-5-16-6-4-15/h7-8H,3-6H2,1-2H3,(H2,12,13,14). The van der Waals surface area contributed by atoms with Crippen molar-refractivity contribution in [2.24, 2.45) is 0 Å². The van der Waals surface area contributed by atoms with Crippen molar-refractivity contribution in [2.45, 2.75) is 19.8 Å². The van der Waals surface area contributed by atoms with E-state index in [1.54, 1.807) is 0 Å². The average molecular weight is 222 g/mol. The van der Waals surface area contributed by atoms with Gasteiger partial charge in [-0.05, 0) is 5.92 Å². The Labute approximate surface area is 95.6 Å². The number of nitrogens with zero attached hydrogens (tertiary/aromatic N) is 3. The number of rotatable bonds is 2. The Hall–Kier alpha value is -1.36. The topological polar surface area (TPSA) is 64.3 Å². The normalized spacial score (nSPS) is 16.8. The van der Waals surface area contributed by atoms with Crippen LogP contribution in [-0.2, 0) is 4.74 Å². The lowest BCUT2D eigenvalue weighted by atomic mass is 10.0. The van der Waals surface area contributed by atoms with Crippen molar-refractivity contribution in [3.8, 4) is 0 Å². The quantitative estimate of drug-likeness (QED) is 0.809. The number of anilines is 2. The minimum Gasteiger partial charge on any atom is -0.383 e. The van der Waals surface area contributed by atoms with Crippen LogP contribution in [0.4, 0.5) is 11.6 Å². The summed E-state index contributed by atoms with van der Waals surface area (Å²) in [6.07, 6.45) is 1.53. The van der Waals surface area contributed by atoms with Crippen LogP contribution in [0.15, 0.2) is 6.33 Å². The molecule has 0 amide bonds. The molecule has 2 N–H and O–H groups in total. The number of hydrogen-bond donors (Lipinski definition) is 1. The molecule has 88 valence electrons. The number of aromatic nitrogens is 2. The summed E-state index contributed by atoms with van der Waals surface area (Å²) in [6, 6.07) is 0. The van der Waals surface area contributed by atoms with E-state index >= 15 is 0 Å². The van der Waals surface area contributed by atoms with Crippen molar-refractivity contribution in [1.82, 2.24) is 9.97 Å². The molecule has 2 rings (SSSR count). The van der Waals surface area contributed by atoms with Gasteiger partial charge in [0.25, 0.3) is 0 Å². The second kappa shape index (κ2) is 4.65. The lowest BCUT2D eigenvalue weighted by Gasteiger charge is -2.30. The summed E-state index contributed by atoms with van der Waals surface area (Å²) in [5, 5.41) is 0. The summed E-state index contributed by atoms with van der Waals surface area (Å²) in [6.45, 7) is 7.47. The van der Waals surface area contributed by atoms with Crippen LogP contribution < -0.4 is 10.6 Å². The minimum atomic E-state index is 0.332. The average Bonchev–Trinajstić information content (AvgIpc) is 2.29. The molecule has 0 unspecified atom stereocenters. The van der Waals surface area contributed by atoms with Crippen molar-refractivity contribution in [3.05, 3.63) is 11.9 Å². The molecule has 0 bridgehead atoms. The van der Waals surface area contributed by atoms with Gasteiger partial charge in [0.15, 0.2) is 0 Å². The second-order valence-corrected chi connectivity index (χ2v) is 4.25. The lowest BCUT2D eigenvalue weighted by Crippen LogP contribution is -2.37. The van der Waals surface area contributed by atoms with Crippen molar-refractivity contribution in [3.63, 3.8) is 0 Å². The number of morpholine rings is 1. The molecule has 2 heterocycles. The van der Waals surface area contributed by atoms with Gasteiger partial charge in [0.05, 0.1) is 13.2 Å². The van der Waals surface area contributed by atoms with Gasteiger partial charge in [0.1, 0.15) is 18.0 Å². The molecule has 1 fully saturated rings. The molecule has 1 aromatic heterocycles. The Morgan fingerprint density at radius 1 is 1.31 bits per heavy atom. The van der Waals surface area contributed by atoms with E-state index in [-0.39, 0.29) is 0 Å². The monoisotopic (exact) mass is 222 g/mol. The Kier molecular flexibility index (Phi) is 3.24. The summed E-state index contributed by atoms with van der Waals surface area (Å²) >= 11 is 0. The Balaban J connectivity index is 2.34. The van der Waals surface area contributed by atoms with Crippen LogP contribution in [-0.4, -0.2) is 36.3 Å². The fourth-order valence-electron chi connectivity index (χ4n) is 1.98. The SMILES string of the molecule is CC(C)c1c(N)ncnc1N1CCOCC1. The highest BCUT2D eigenvalue weighted by molar-refractivity contribution is 5.58. The first-order chi connectivity index (χ1) is 7.70. The summed E-state index contributed by atoms with van der Waals surface area (Å²) in [7, 11) is 0. The van der Waals surface area contributed by atoms with E-state index in [0.717, 1.165) is 37.7 Å². The lowest BCUT2D eigenvalue weighted by molar-refractivity contribution is 0.122. The molecule has 5 heteroatoms. The van der Waals surface area contributed by atoms with Crippen LogP contribution in [0.3, 0.4) is 0 Å². The summed E-state index contributed by atoms with van der Waals surface area (Å²) in [5.41, 5.74) is 6.97. The first-order valence-corrected chi connectivity index (χ1v) is 5.63. The first-order valence-electron chi connectivity index (χ1n) is 5.63. The van der Waals surface area contributed by atoms with Gasteiger partial charge in [-0.15, -0.1) is 0 Å². The number of ether oxygens (including phenoxy) is 1. The van der Waals surface area contributed by atoms with Gasteiger partial charge in [-0.1, -0.05) is 13.8 Å². The maximum Gasteiger partial charge on any atom is 0.137 e. The van der Waals surface area contributed by atoms with E-state index < -0.39 is 0 Å². The molecule has 16 heavy (non-hydrogen) atoms. The third-order valence-corrected chi connectivity index (χ3v) is 2.78. The molecule has 1 aromatic rings. The van der Waals surface area contributed by atoms with Crippen LogP contribution >= 0.6 is 0 Å². The number of nitrogen functional groups attached to an aromatic ring is 1. The molecular formula is C11H18N4O. The predicted molar refractivity (Wildman–Crippen MR) is 63.6 cm³/mol. The van der Waals surface area contributed by atoms with Crippen LogP contribution in [0.1, 0.15) is 25.3 Å². The second-order valence-electron chi connectivity index (χ2n) is 4.25. The highest BCUT2D eigenvalue weighted by atomic mass is 16.5. The molecule has 1 aliphatic rings. The summed E-state index contributed by atoms with van der Waals surface area (Å²) in [5.74, 6) is 1.89. The van der Waals surface area contributed by atoms with Crippen LogP contribution in [0, 0.1) is 0 Å². The van der Waals surface area contributed by atoms with E-state index in [0.29, 0.717) is 11.7 Å². The fourth-order valence-corrected chi connectivity index (χ4v) is 1.98. The zero-order chi connectivity index (χ0) is 11.5. The van der Waals surface area contributed by atoms with Gasteiger partial charge < -0.3 is 15.4 Å². The van der Waals surface area contributed by atoms with Gasteiger partial charge in [0.2, 0.25) is 0 Å². The van der Waals surface area contributed by atoms with E-state index in [1.165, 1.54) is 6.33 Å². The zero-order valence-corrected chi connectivity index (χ0v) is 9.81. The molecule has 5 nitrogen and oxygen atoms in total. The highest BCUT2D eigenvalue weighted by Gasteiger charge is 2.20. The Morgan fingerprint density at radius 2 is 2.00 bits per heavy atom. The van der Waals surface area contributed by atoms with E-state index in [1.807, 2.05) is 0 Å². The van der Waals surface area contributed by atoms with Gasteiger partial charge in [-0.3, -0.25) is 0 Å². The highest BCUT2D eigenvalue weighted by Crippen LogP contribution is 2.29. The van der Waals surface area contributed by atoms with Crippen molar-refractivity contribution < 1.29 is 4.74 Å². The number of nitrogens with two attached hydrogens (primary N) is 1. The van der Waals surface area contributed by atoms with Crippen LogP contribution in [0.5, 0.6) is 0 Å². The van der Waals surface area contributed by atoms with Crippen molar-refractivity contribution >= 4 is 11.6 Å². The maximum absolute atomic E-state index is 5.92. The van der Waals surface area contributed by atoms with Crippen LogP contribution in [0.25, 0.3) is 0 Å². The minimum absolute atomic E-state index is 0.332. The maximum atomic E-state index is 5.92. The third kappa shape index (κ3) is 2.09. The molecule has 0 atom stereocenters. The van der Waals surface area contributed by atoms with Crippen molar-refractivity contribution in [2.75, 3.05) is 36.9 Å². The van der Waals surface area contributed by atoms with Gasteiger partial charge in [-0.2, -0.15) is 0 Å². The molecular weight excluding hydrogens is 204 g/mol. The Bertz CT molecular complexity index is 361. The van der Waals surface area contributed by atoms with E-state index in [4.69, 9.17) is 10.5 Å².